The Labute approximate surface area is 106 Å². The summed E-state index contributed by atoms with van der Waals surface area (Å²) < 4.78 is 12.8. The van der Waals surface area contributed by atoms with Crippen LogP contribution in [0.5, 0.6) is 0 Å². The highest BCUT2D eigenvalue weighted by Crippen LogP contribution is 2.28. The molecule has 2 unspecified atom stereocenters. The largest absolute Gasteiger partial charge is 0.481 e. The summed E-state index contributed by atoms with van der Waals surface area (Å²) in [5.41, 5.74) is -0.647. The Hall–Kier alpha value is -1.42. The number of carbonyl (C=O) groups is 1. The molecule has 18 heavy (non-hydrogen) atoms. The lowest BCUT2D eigenvalue weighted by molar-refractivity contribution is -0.154. The number of aliphatic carboxylic acids is 1. The second-order valence-corrected chi connectivity index (χ2v) is 5.22. The zero-order chi connectivity index (χ0) is 13.9. The van der Waals surface area contributed by atoms with Crippen LogP contribution in [0.15, 0.2) is 24.3 Å². The van der Waals surface area contributed by atoms with Gasteiger partial charge in [0.25, 0.3) is 0 Å². The van der Waals surface area contributed by atoms with E-state index in [2.05, 4.69) is 0 Å². The molecule has 0 heterocycles. The maximum absolute atomic E-state index is 12.8. The number of aliphatic hydroxyl groups is 1. The highest BCUT2D eigenvalue weighted by molar-refractivity contribution is 5.71. The molecule has 1 rings (SSSR count). The fourth-order valence-electron chi connectivity index (χ4n) is 2.39. The molecule has 0 aliphatic heterocycles. The first-order valence-corrected chi connectivity index (χ1v) is 5.93. The Kier molecular flexibility index (Phi) is 4.46. The molecule has 2 atom stereocenters. The van der Waals surface area contributed by atoms with Crippen LogP contribution < -0.4 is 0 Å². The fourth-order valence-corrected chi connectivity index (χ4v) is 2.39. The maximum atomic E-state index is 12.8. The number of halogens is 1. The molecular formula is C14H19FO3. The van der Waals surface area contributed by atoms with Gasteiger partial charge in [-0.05, 0) is 30.5 Å². The van der Waals surface area contributed by atoms with Crippen LogP contribution in [-0.4, -0.2) is 21.8 Å². The number of hydrogen-bond donors (Lipinski definition) is 2. The Morgan fingerprint density at radius 1 is 1.33 bits per heavy atom. The van der Waals surface area contributed by atoms with Gasteiger partial charge in [0.05, 0.1) is 11.5 Å². The van der Waals surface area contributed by atoms with Gasteiger partial charge >= 0.3 is 5.97 Å². The Bertz CT molecular complexity index is 410. The number of carboxylic acids is 1. The number of rotatable bonds is 5. The molecule has 0 saturated heterocycles. The van der Waals surface area contributed by atoms with E-state index in [1.54, 1.807) is 26.0 Å². The highest BCUT2D eigenvalue weighted by atomic mass is 19.1. The minimum atomic E-state index is -1.36. The zero-order valence-corrected chi connectivity index (χ0v) is 10.9. The lowest BCUT2D eigenvalue weighted by Crippen LogP contribution is -2.44. The van der Waals surface area contributed by atoms with Crippen molar-refractivity contribution in [2.24, 2.45) is 11.8 Å². The van der Waals surface area contributed by atoms with E-state index >= 15 is 0 Å². The number of benzene rings is 1. The summed E-state index contributed by atoms with van der Waals surface area (Å²) in [4.78, 5) is 11.2. The highest BCUT2D eigenvalue weighted by Gasteiger charge is 2.39. The van der Waals surface area contributed by atoms with Crippen LogP contribution in [-0.2, 0) is 11.2 Å². The van der Waals surface area contributed by atoms with Crippen molar-refractivity contribution in [3.8, 4) is 0 Å². The quantitative estimate of drug-likeness (QED) is 0.848. The molecule has 0 aliphatic rings. The average molecular weight is 254 g/mol. The van der Waals surface area contributed by atoms with Crippen LogP contribution in [0, 0.1) is 17.7 Å². The minimum Gasteiger partial charge on any atom is -0.481 e. The van der Waals surface area contributed by atoms with Gasteiger partial charge in [0.1, 0.15) is 5.82 Å². The van der Waals surface area contributed by atoms with Crippen molar-refractivity contribution in [3.63, 3.8) is 0 Å². The SMILES string of the molecule is CC(C)C(C(=O)O)C(C)(O)Cc1ccc(F)cc1. The molecule has 0 bridgehead atoms. The third-order valence-electron chi connectivity index (χ3n) is 3.08. The summed E-state index contributed by atoms with van der Waals surface area (Å²) in [6.07, 6.45) is 0.183. The van der Waals surface area contributed by atoms with E-state index in [0.717, 1.165) is 0 Å². The standard InChI is InChI=1S/C14H19FO3/c1-9(2)12(13(16)17)14(3,18)8-10-4-6-11(15)7-5-10/h4-7,9,12,18H,8H2,1-3H3,(H,16,17). The molecule has 0 amide bonds. The summed E-state index contributed by atoms with van der Waals surface area (Å²) >= 11 is 0. The smallest absolute Gasteiger partial charge is 0.309 e. The van der Waals surface area contributed by atoms with Crippen LogP contribution in [0.1, 0.15) is 26.3 Å². The van der Waals surface area contributed by atoms with Crippen molar-refractivity contribution < 1.29 is 19.4 Å². The summed E-state index contributed by atoms with van der Waals surface area (Å²) in [6.45, 7) is 5.03. The molecule has 4 heteroatoms. The molecule has 0 aromatic heterocycles. The van der Waals surface area contributed by atoms with Crippen LogP contribution in [0.3, 0.4) is 0 Å². The van der Waals surface area contributed by atoms with E-state index in [4.69, 9.17) is 0 Å². The normalized spacial score (nSPS) is 16.3. The maximum Gasteiger partial charge on any atom is 0.309 e. The first-order chi connectivity index (χ1) is 8.24. The molecule has 0 radical (unpaired) electrons. The predicted octanol–water partition coefficient (Wildman–Crippen LogP) is 2.48. The van der Waals surface area contributed by atoms with Gasteiger partial charge in [-0.3, -0.25) is 4.79 Å². The summed E-state index contributed by atoms with van der Waals surface area (Å²) in [5, 5.41) is 19.5. The van der Waals surface area contributed by atoms with Crippen molar-refractivity contribution >= 4 is 5.97 Å². The third kappa shape index (κ3) is 3.53. The zero-order valence-electron chi connectivity index (χ0n) is 10.9. The second kappa shape index (κ2) is 5.48. The van der Waals surface area contributed by atoms with Gasteiger partial charge in [0.15, 0.2) is 0 Å². The van der Waals surface area contributed by atoms with Gasteiger partial charge in [-0.25, -0.2) is 4.39 Å². The Balaban J connectivity index is 2.91. The van der Waals surface area contributed by atoms with E-state index < -0.39 is 17.5 Å². The molecule has 1 aromatic carbocycles. The van der Waals surface area contributed by atoms with E-state index in [1.165, 1.54) is 19.1 Å². The van der Waals surface area contributed by atoms with Crippen molar-refractivity contribution in [1.29, 1.82) is 0 Å². The lowest BCUT2D eigenvalue weighted by atomic mass is 9.77. The average Bonchev–Trinajstić information content (AvgIpc) is 2.19. The van der Waals surface area contributed by atoms with Gasteiger partial charge in [-0.2, -0.15) is 0 Å². The topological polar surface area (TPSA) is 57.5 Å². The van der Waals surface area contributed by atoms with Gasteiger partial charge in [-0.15, -0.1) is 0 Å². The van der Waals surface area contributed by atoms with Gasteiger partial charge in [0.2, 0.25) is 0 Å². The summed E-state index contributed by atoms with van der Waals surface area (Å²) in [5.74, 6) is -2.41. The van der Waals surface area contributed by atoms with Gasteiger partial charge in [-0.1, -0.05) is 26.0 Å². The van der Waals surface area contributed by atoms with Crippen molar-refractivity contribution in [1.82, 2.24) is 0 Å². The molecule has 0 saturated carbocycles. The van der Waals surface area contributed by atoms with E-state index in [9.17, 15) is 19.4 Å². The fraction of sp³-hybridized carbons (Fsp3) is 0.500. The Morgan fingerprint density at radius 2 is 1.83 bits per heavy atom. The van der Waals surface area contributed by atoms with Crippen LogP contribution in [0.25, 0.3) is 0 Å². The minimum absolute atomic E-state index is 0.182. The molecule has 1 aromatic rings. The van der Waals surface area contributed by atoms with Crippen molar-refractivity contribution in [2.45, 2.75) is 32.8 Å². The van der Waals surface area contributed by atoms with Crippen molar-refractivity contribution in [3.05, 3.63) is 35.6 Å². The lowest BCUT2D eigenvalue weighted by Gasteiger charge is -2.32. The third-order valence-corrected chi connectivity index (χ3v) is 3.08. The molecule has 0 spiro atoms. The van der Waals surface area contributed by atoms with E-state index in [-0.39, 0.29) is 18.2 Å². The molecular weight excluding hydrogens is 235 g/mol. The van der Waals surface area contributed by atoms with Crippen LogP contribution in [0.2, 0.25) is 0 Å². The first-order valence-electron chi connectivity index (χ1n) is 5.93. The molecule has 100 valence electrons. The van der Waals surface area contributed by atoms with Gasteiger partial charge < -0.3 is 10.2 Å². The van der Waals surface area contributed by atoms with Crippen LogP contribution >= 0.6 is 0 Å². The Morgan fingerprint density at radius 3 is 2.22 bits per heavy atom. The summed E-state index contributed by atoms with van der Waals surface area (Å²) in [6, 6.07) is 5.72. The second-order valence-electron chi connectivity index (χ2n) is 5.22. The van der Waals surface area contributed by atoms with Gasteiger partial charge in [0, 0.05) is 6.42 Å². The van der Waals surface area contributed by atoms with E-state index in [1.807, 2.05) is 0 Å². The van der Waals surface area contributed by atoms with Crippen molar-refractivity contribution in [2.75, 3.05) is 0 Å². The first kappa shape index (κ1) is 14.6. The number of hydrogen-bond acceptors (Lipinski definition) is 2. The molecule has 0 fully saturated rings. The summed E-state index contributed by atoms with van der Waals surface area (Å²) in [7, 11) is 0. The molecule has 3 nitrogen and oxygen atoms in total. The number of carboxylic acid groups (broad SMARTS) is 1. The molecule has 2 N–H and O–H groups in total. The monoisotopic (exact) mass is 254 g/mol. The predicted molar refractivity (Wildman–Crippen MR) is 66.7 cm³/mol. The van der Waals surface area contributed by atoms with Crippen LogP contribution in [0.4, 0.5) is 4.39 Å². The van der Waals surface area contributed by atoms with E-state index in [0.29, 0.717) is 5.56 Å². The molecule has 0 aliphatic carbocycles.